The number of hydrogen-bond donors (Lipinski definition) is 1. The van der Waals surface area contributed by atoms with Crippen molar-refractivity contribution in [3.05, 3.63) is 69.1 Å². The van der Waals surface area contributed by atoms with Crippen LogP contribution in [0.15, 0.2) is 42.1 Å². The van der Waals surface area contributed by atoms with Gasteiger partial charge in [0, 0.05) is 13.1 Å². The van der Waals surface area contributed by atoms with Crippen LogP contribution in [0.5, 0.6) is 0 Å². The van der Waals surface area contributed by atoms with Crippen LogP contribution in [-0.4, -0.2) is 29.9 Å². The lowest BCUT2D eigenvalue weighted by Gasteiger charge is -2.18. The van der Waals surface area contributed by atoms with E-state index in [4.69, 9.17) is 23.2 Å². The van der Waals surface area contributed by atoms with Gasteiger partial charge in [0.2, 0.25) is 0 Å². The van der Waals surface area contributed by atoms with E-state index in [0.717, 1.165) is 30.8 Å². The molecule has 2 fully saturated rings. The van der Waals surface area contributed by atoms with Crippen LogP contribution in [0, 0.1) is 5.82 Å². The van der Waals surface area contributed by atoms with Crippen LogP contribution in [0.1, 0.15) is 24.0 Å². The van der Waals surface area contributed by atoms with Crippen molar-refractivity contribution in [2.45, 2.75) is 19.4 Å². The minimum absolute atomic E-state index is 0.0567. The maximum absolute atomic E-state index is 14.5. The zero-order valence-electron chi connectivity index (χ0n) is 15.4. The molecular formula is C21H18Cl2FN3O2. The van der Waals surface area contributed by atoms with Crippen molar-refractivity contribution in [1.82, 2.24) is 10.2 Å². The van der Waals surface area contributed by atoms with Gasteiger partial charge in [-0.3, -0.25) is 9.69 Å². The monoisotopic (exact) mass is 433 g/mol. The highest BCUT2D eigenvalue weighted by molar-refractivity contribution is 6.42. The van der Waals surface area contributed by atoms with Gasteiger partial charge in [-0.15, -0.1) is 0 Å². The Labute approximate surface area is 177 Å². The zero-order chi connectivity index (χ0) is 20.5. The largest absolute Gasteiger partial charge is 0.369 e. The number of imide groups is 1. The van der Waals surface area contributed by atoms with E-state index in [2.05, 4.69) is 5.32 Å². The van der Waals surface area contributed by atoms with Crippen LogP contribution < -0.4 is 10.2 Å². The van der Waals surface area contributed by atoms with Crippen LogP contribution in [0.4, 0.5) is 14.9 Å². The summed E-state index contributed by atoms with van der Waals surface area (Å²) in [6, 6.07) is 9.20. The third kappa shape index (κ3) is 4.09. The Morgan fingerprint density at radius 3 is 2.48 bits per heavy atom. The highest BCUT2D eigenvalue weighted by Crippen LogP contribution is 2.27. The minimum atomic E-state index is -0.540. The Bertz CT molecular complexity index is 1020. The maximum Gasteiger partial charge on any atom is 0.329 e. The molecule has 0 aliphatic carbocycles. The molecule has 0 saturated carbocycles. The molecule has 0 atom stereocenters. The molecule has 2 aliphatic heterocycles. The van der Waals surface area contributed by atoms with Crippen molar-refractivity contribution < 1.29 is 14.0 Å². The Hall–Kier alpha value is -2.57. The first-order valence-corrected chi connectivity index (χ1v) is 10.0. The van der Waals surface area contributed by atoms with Crippen molar-refractivity contribution >= 4 is 46.9 Å². The summed E-state index contributed by atoms with van der Waals surface area (Å²) in [5.74, 6) is -0.823. The number of benzene rings is 2. The van der Waals surface area contributed by atoms with Gasteiger partial charge >= 0.3 is 6.03 Å². The lowest BCUT2D eigenvalue weighted by atomic mass is 10.1. The predicted octanol–water partition coefficient (Wildman–Crippen LogP) is 4.83. The van der Waals surface area contributed by atoms with E-state index >= 15 is 0 Å². The van der Waals surface area contributed by atoms with Gasteiger partial charge in [0.1, 0.15) is 11.5 Å². The molecule has 2 aromatic carbocycles. The predicted molar refractivity (Wildman–Crippen MR) is 111 cm³/mol. The number of amides is 3. The van der Waals surface area contributed by atoms with Crippen LogP contribution in [0.2, 0.25) is 10.0 Å². The Kier molecular flexibility index (Phi) is 5.48. The van der Waals surface area contributed by atoms with E-state index in [0.29, 0.717) is 26.9 Å². The summed E-state index contributed by atoms with van der Waals surface area (Å²) in [6.45, 7) is 1.74. The fourth-order valence-corrected chi connectivity index (χ4v) is 3.85. The molecule has 3 amide bonds. The number of nitrogens with one attached hydrogen (secondary N) is 1. The van der Waals surface area contributed by atoms with E-state index in [1.807, 2.05) is 4.90 Å². The Balaban J connectivity index is 1.52. The molecule has 2 aromatic rings. The number of halogens is 3. The van der Waals surface area contributed by atoms with Gasteiger partial charge < -0.3 is 10.2 Å². The number of nitrogens with zero attached hydrogens (tertiary/aromatic N) is 2. The van der Waals surface area contributed by atoms with E-state index in [9.17, 15) is 14.0 Å². The van der Waals surface area contributed by atoms with Crippen molar-refractivity contribution in [1.29, 1.82) is 0 Å². The second kappa shape index (κ2) is 8.05. The molecule has 150 valence electrons. The molecular weight excluding hydrogens is 416 g/mol. The summed E-state index contributed by atoms with van der Waals surface area (Å²) in [4.78, 5) is 28.0. The SMILES string of the molecule is O=C1N/C(=C\c2ccc(N3CCCC3)c(F)c2)C(=O)N1Cc1ccc(Cl)c(Cl)c1. The van der Waals surface area contributed by atoms with Crippen LogP contribution in [0.25, 0.3) is 6.08 Å². The Morgan fingerprint density at radius 1 is 1.03 bits per heavy atom. The fourth-order valence-electron chi connectivity index (χ4n) is 3.53. The molecule has 5 nitrogen and oxygen atoms in total. The molecule has 2 heterocycles. The lowest BCUT2D eigenvalue weighted by Crippen LogP contribution is -2.30. The van der Waals surface area contributed by atoms with Crippen molar-refractivity contribution in [2.24, 2.45) is 0 Å². The molecule has 2 saturated heterocycles. The third-order valence-corrected chi connectivity index (χ3v) is 5.76. The number of anilines is 1. The molecule has 1 N–H and O–H groups in total. The smallest absolute Gasteiger partial charge is 0.329 e. The highest BCUT2D eigenvalue weighted by Gasteiger charge is 2.33. The highest BCUT2D eigenvalue weighted by atomic mass is 35.5. The molecule has 4 rings (SSSR count). The molecule has 0 unspecified atom stereocenters. The fraction of sp³-hybridized carbons (Fsp3) is 0.238. The van der Waals surface area contributed by atoms with E-state index < -0.39 is 11.9 Å². The van der Waals surface area contributed by atoms with Gasteiger partial charge in [0.15, 0.2) is 0 Å². The van der Waals surface area contributed by atoms with E-state index in [1.54, 1.807) is 30.3 Å². The Morgan fingerprint density at radius 2 is 1.79 bits per heavy atom. The molecule has 0 spiro atoms. The lowest BCUT2D eigenvalue weighted by molar-refractivity contribution is -0.123. The number of urea groups is 1. The van der Waals surface area contributed by atoms with Gasteiger partial charge in [-0.25, -0.2) is 9.18 Å². The van der Waals surface area contributed by atoms with Crippen LogP contribution in [-0.2, 0) is 11.3 Å². The van der Waals surface area contributed by atoms with Gasteiger partial charge in [0.05, 0.1) is 22.3 Å². The minimum Gasteiger partial charge on any atom is -0.369 e. The average Bonchev–Trinajstić information content (AvgIpc) is 3.30. The van der Waals surface area contributed by atoms with Crippen molar-refractivity contribution in [2.75, 3.05) is 18.0 Å². The first-order chi connectivity index (χ1) is 13.9. The number of carbonyl (C=O) groups excluding carboxylic acids is 2. The summed E-state index contributed by atoms with van der Waals surface area (Å²) >= 11 is 11.9. The number of rotatable bonds is 4. The van der Waals surface area contributed by atoms with Crippen LogP contribution >= 0.6 is 23.2 Å². The average molecular weight is 434 g/mol. The summed E-state index contributed by atoms with van der Waals surface area (Å²) in [5.41, 5.74) is 1.84. The molecule has 0 bridgehead atoms. The van der Waals surface area contributed by atoms with Crippen molar-refractivity contribution in [3.63, 3.8) is 0 Å². The zero-order valence-corrected chi connectivity index (χ0v) is 16.9. The normalized spacial score (nSPS) is 18.1. The second-order valence-corrected chi connectivity index (χ2v) is 7.85. The maximum atomic E-state index is 14.5. The van der Waals surface area contributed by atoms with Crippen LogP contribution in [0.3, 0.4) is 0 Å². The molecule has 8 heteroatoms. The summed E-state index contributed by atoms with van der Waals surface area (Å²) in [5, 5.41) is 3.29. The summed E-state index contributed by atoms with van der Waals surface area (Å²) < 4.78 is 14.5. The quantitative estimate of drug-likeness (QED) is 0.554. The third-order valence-electron chi connectivity index (χ3n) is 5.02. The number of hydrogen-bond acceptors (Lipinski definition) is 3. The number of carbonyl (C=O) groups is 2. The van der Waals surface area contributed by atoms with Gasteiger partial charge in [-0.1, -0.05) is 35.3 Å². The first kappa shape index (κ1) is 19.7. The van der Waals surface area contributed by atoms with E-state index in [1.165, 1.54) is 12.1 Å². The molecule has 0 aromatic heterocycles. The molecule has 29 heavy (non-hydrogen) atoms. The first-order valence-electron chi connectivity index (χ1n) is 9.25. The summed E-state index contributed by atoms with van der Waals surface area (Å²) in [6.07, 6.45) is 3.59. The van der Waals surface area contributed by atoms with Gasteiger partial charge in [0.25, 0.3) is 5.91 Å². The van der Waals surface area contributed by atoms with E-state index in [-0.39, 0.29) is 18.1 Å². The molecule has 0 radical (unpaired) electrons. The van der Waals surface area contributed by atoms with Crippen molar-refractivity contribution in [3.8, 4) is 0 Å². The van der Waals surface area contributed by atoms with Gasteiger partial charge in [-0.05, 0) is 54.3 Å². The second-order valence-electron chi connectivity index (χ2n) is 7.03. The topological polar surface area (TPSA) is 52.7 Å². The van der Waals surface area contributed by atoms with Gasteiger partial charge in [-0.2, -0.15) is 0 Å². The molecule has 2 aliphatic rings. The summed E-state index contributed by atoms with van der Waals surface area (Å²) in [7, 11) is 0. The standard InChI is InChI=1S/C21H18Cl2FN3O2/c22-15-5-3-14(9-16(15)23)12-27-20(28)18(25-21(27)29)11-13-4-6-19(17(24)10-13)26-7-1-2-8-26/h3-6,9-11H,1-2,7-8,12H2,(H,25,29)/b18-11-.